The number of amides is 1. The maximum atomic E-state index is 12.5. The fourth-order valence-corrected chi connectivity index (χ4v) is 3.18. The summed E-state index contributed by atoms with van der Waals surface area (Å²) in [5.41, 5.74) is 2.18. The van der Waals surface area contributed by atoms with Gasteiger partial charge in [0.15, 0.2) is 0 Å². The minimum absolute atomic E-state index is 0.0113. The lowest BCUT2D eigenvalue weighted by Crippen LogP contribution is -2.49. The minimum atomic E-state index is -0.586. The monoisotopic (exact) mass is 328 g/mol. The average Bonchev–Trinajstić information content (AvgIpc) is 2.63. The number of carbonyl (C=O) groups is 1. The van der Waals surface area contributed by atoms with Crippen LogP contribution in [0.4, 0.5) is 0 Å². The van der Waals surface area contributed by atoms with Gasteiger partial charge in [-0.15, -0.1) is 11.6 Å². The van der Waals surface area contributed by atoms with Gasteiger partial charge in [-0.1, -0.05) is 60.7 Å². The molecule has 23 heavy (non-hydrogen) atoms. The summed E-state index contributed by atoms with van der Waals surface area (Å²) < 4.78 is 0. The maximum absolute atomic E-state index is 12.5. The fraction of sp³-hybridized carbons (Fsp3) is 0.316. The van der Waals surface area contributed by atoms with Crippen molar-refractivity contribution < 1.29 is 4.79 Å². The summed E-state index contributed by atoms with van der Waals surface area (Å²) in [5.74, 6) is 0.0113. The Morgan fingerprint density at radius 1 is 0.913 bits per heavy atom. The lowest BCUT2D eigenvalue weighted by atomic mass is 10.1. The summed E-state index contributed by atoms with van der Waals surface area (Å²) in [5, 5.41) is -0.586. The van der Waals surface area contributed by atoms with Gasteiger partial charge in [0, 0.05) is 32.7 Å². The maximum Gasteiger partial charge on any atom is 0.245 e. The van der Waals surface area contributed by atoms with Gasteiger partial charge in [0.25, 0.3) is 0 Å². The first-order valence-corrected chi connectivity index (χ1v) is 8.42. The Morgan fingerprint density at radius 2 is 1.48 bits per heavy atom. The summed E-state index contributed by atoms with van der Waals surface area (Å²) >= 11 is 6.35. The minimum Gasteiger partial charge on any atom is -0.339 e. The van der Waals surface area contributed by atoms with E-state index in [-0.39, 0.29) is 5.91 Å². The van der Waals surface area contributed by atoms with Gasteiger partial charge in [-0.2, -0.15) is 0 Å². The lowest BCUT2D eigenvalue weighted by Gasteiger charge is -2.35. The highest BCUT2D eigenvalue weighted by Gasteiger charge is 2.27. The molecule has 0 bridgehead atoms. The average molecular weight is 329 g/mol. The van der Waals surface area contributed by atoms with E-state index in [1.807, 2.05) is 41.3 Å². The number of hydrogen-bond donors (Lipinski definition) is 0. The molecule has 1 fully saturated rings. The van der Waals surface area contributed by atoms with Crippen LogP contribution in [0.3, 0.4) is 0 Å². The Morgan fingerprint density at radius 3 is 2.09 bits per heavy atom. The Bertz CT molecular complexity index is 624. The van der Waals surface area contributed by atoms with Crippen LogP contribution in [0, 0.1) is 0 Å². The van der Waals surface area contributed by atoms with Gasteiger partial charge in [0.2, 0.25) is 5.91 Å². The highest BCUT2D eigenvalue weighted by Crippen LogP contribution is 2.23. The molecule has 1 aliphatic rings. The highest BCUT2D eigenvalue weighted by atomic mass is 35.5. The van der Waals surface area contributed by atoms with Crippen molar-refractivity contribution in [3.05, 3.63) is 71.8 Å². The molecule has 2 aromatic carbocycles. The first-order valence-electron chi connectivity index (χ1n) is 7.98. The van der Waals surface area contributed by atoms with Crippen LogP contribution in [-0.4, -0.2) is 41.9 Å². The van der Waals surface area contributed by atoms with Gasteiger partial charge in [0.1, 0.15) is 5.38 Å². The molecule has 3 nitrogen and oxygen atoms in total. The van der Waals surface area contributed by atoms with Crippen LogP contribution >= 0.6 is 11.6 Å². The van der Waals surface area contributed by atoms with Crippen molar-refractivity contribution >= 4 is 17.5 Å². The Hall–Kier alpha value is -1.84. The molecule has 0 N–H and O–H groups in total. The van der Waals surface area contributed by atoms with E-state index in [9.17, 15) is 4.79 Å². The van der Waals surface area contributed by atoms with Crippen LogP contribution in [0.1, 0.15) is 16.5 Å². The Balaban J connectivity index is 1.53. The Kier molecular flexibility index (Phi) is 5.31. The van der Waals surface area contributed by atoms with E-state index in [1.165, 1.54) is 5.56 Å². The van der Waals surface area contributed by atoms with Gasteiger partial charge in [0.05, 0.1) is 0 Å². The number of alkyl halides is 1. The molecule has 1 saturated heterocycles. The van der Waals surface area contributed by atoms with Gasteiger partial charge in [-0.3, -0.25) is 9.69 Å². The standard InChI is InChI=1S/C19H21ClN2O/c20-18(17-9-5-2-6-10-17)19(23)22-13-11-21(12-14-22)15-16-7-3-1-4-8-16/h1-10,18H,11-15H2. The summed E-state index contributed by atoms with van der Waals surface area (Å²) in [4.78, 5) is 16.8. The van der Waals surface area contributed by atoms with Crippen molar-refractivity contribution in [1.82, 2.24) is 9.80 Å². The number of rotatable bonds is 4. The number of hydrogen-bond acceptors (Lipinski definition) is 2. The van der Waals surface area contributed by atoms with Crippen LogP contribution in [0.25, 0.3) is 0 Å². The van der Waals surface area contributed by atoms with E-state index in [2.05, 4.69) is 29.2 Å². The molecule has 3 rings (SSSR count). The predicted molar refractivity (Wildman–Crippen MR) is 93.3 cm³/mol. The molecular formula is C19H21ClN2O. The van der Waals surface area contributed by atoms with Gasteiger partial charge in [-0.05, 0) is 11.1 Å². The van der Waals surface area contributed by atoms with Gasteiger partial charge >= 0.3 is 0 Å². The van der Waals surface area contributed by atoms with Crippen molar-refractivity contribution in [1.29, 1.82) is 0 Å². The predicted octanol–water partition coefficient (Wildman–Crippen LogP) is 3.31. The molecule has 4 heteroatoms. The number of nitrogens with zero attached hydrogens (tertiary/aromatic N) is 2. The molecule has 1 unspecified atom stereocenters. The molecule has 1 heterocycles. The fourth-order valence-electron chi connectivity index (χ4n) is 2.89. The van der Waals surface area contributed by atoms with E-state index in [0.29, 0.717) is 0 Å². The summed E-state index contributed by atoms with van der Waals surface area (Å²) in [7, 11) is 0. The van der Waals surface area contributed by atoms with Crippen LogP contribution in [0.5, 0.6) is 0 Å². The third kappa shape index (κ3) is 4.12. The first-order chi connectivity index (χ1) is 11.2. The summed E-state index contributed by atoms with van der Waals surface area (Å²) in [6.45, 7) is 4.19. The normalized spacial score (nSPS) is 17.0. The first kappa shape index (κ1) is 16.0. The number of halogens is 1. The molecule has 120 valence electrons. The van der Waals surface area contributed by atoms with E-state index < -0.39 is 5.38 Å². The molecule has 1 amide bonds. The molecule has 0 spiro atoms. The third-order valence-electron chi connectivity index (χ3n) is 4.24. The van der Waals surface area contributed by atoms with Gasteiger partial charge in [-0.25, -0.2) is 0 Å². The number of carbonyl (C=O) groups excluding carboxylic acids is 1. The molecular weight excluding hydrogens is 308 g/mol. The van der Waals surface area contributed by atoms with Crippen molar-refractivity contribution in [2.45, 2.75) is 11.9 Å². The van der Waals surface area contributed by atoms with E-state index in [1.54, 1.807) is 0 Å². The van der Waals surface area contributed by atoms with Crippen LogP contribution < -0.4 is 0 Å². The SMILES string of the molecule is O=C(C(Cl)c1ccccc1)N1CCN(Cc2ccccc2)CC1. The number of benzene rings is 2. The molecule has 0 aromatic heterocycles. The van der Waals surface area contributed by atoms with E-state index >= 15 is 0 Å². The smallest absolute Gasteiger partial charge is 0.245 e. The quantitative estimate of drug-likeness (QED) is 0.804. The highest BCUT2D eigenvalue weighted by molar-refractivity contribution is 6.30. The largest absolute Gasteiger partial charge is 0.339 e. The third-order valence-corrected chi connectivity index (χ3v) is 4.68. The Labute approximate surface area is 142 Å². The van der Waals surface area contributed by atoms with E-state index in [4.69, 9.17) is 11.6 Å². The molecule has 2 aromatic rings. The number of piperazine rings is 1. The summed E-state index contributed by atoms with van der Waals surface area (Å²) in [6, 6.07) is 20.0. The van der Waals surface area contributed by atoms with Crippen molar-refractivity contribution in [2.24, 2.45) is 0 Å². The second-order valence-electron chi connectivity index (χ2n) is 5.86. The zero-order valence-corrected chi connectivity index (χ0v) is 13.8. The second-order valence-corrected chi connectivity index (χ2v) is 6.30. The van der Waals surface area contributed by atoms with Crippen molar-refractivity contribution in [3.8, 4) is 0 Å². The molecule has 1 aliphatic heterocycles. The lowest BCUT2D eigenvalue weighted by molar-refractivity contribution is -0.132. The molecule has 0 aliphatic carbocycles. The second kappa shape index (κ2) is 7.62. The molecule has 0 saturated carbocycles. The molecule has 0 radical (unpaired) electrons. The molecule has 1 atom stereocenters. The topological polar surface area (TPSA) is 23.6 Å². The van der Waals surface area contributed by atoms with Crippen LogP contribution in [0.2, 0.25) is 0 Å². The zero-order valence-electron chi connectivity index (χ0n) is 13.1. The van der Waals surface area contributed by atoms with Crippen molar-refractivity contribution in [3.63, 3.8) is 0 Å². The zero-order chi connectivity index (χ0) is 16.1. The summed E-state index contributed by atoms with van der Waals surface area (Å²) in [6.07, 6.45) is 0. The van der Waals surface area contributed by atoms with Gasteiger partial charge < -0.3 is 4.90 Å². The van der Waals surface area contributed by atoms with Crippen LogP contribution in [-0.2, 0) is 11.3 Å². The van der Waals surface area contributed by atoms with E-state index in [0.717, 1.165) is 38.3 Å². The van der Waals surface area contributed by atoms with Crippen molar-refractivity contribution in [2.75, 3.05) is 26.2 Å². The van der Waals surface area contributed by atoms with Crippen LogP contribution in [0.15, 0.2) is 60.7 Å².